The number of nitrogens with zero attached hydrogens (tertiary/aromatic N) is 5. The number of anilines is 2. The molecule has 1 saturated carbocycles. The lowest BCUT2D eigenvalue weighted by molar-refractivity contribution is 0.129. The number of carbonyl (C=O) groups is 1. The van der Waals surface area contributed by atoms with Gasteiger partial charge in [-0.3, -0.25) is 10.7 Å². The van der Waals surface area contributed by atoms with Crippen molar-refractivity contribution in [1.29, 1.82) is 5.41 Å². The summed E-state index contributed by atoms with van der Waals surface area (Å²) in [6.07, 6.45) is 8.20. The van der Waals surface area contributed by atoms with Gasteiger partial charge in [0.25, 0.3) is 0 Å². The van der Waals surface area contributed by atoms with Crippen LogP contribution in [0.1, 0.15) is 84.9 Å². The lowest BCUT2D eigenvalue weighted by Gasteiger charge is -2.54. The van der Waals surface area contributed by atoms with Crippen LogP contribution in [-0.2, 0) is 0 Å². The van der Waals surface area contributed by atoms with E-state index in [1.807, 2.05) is 0 Å². The third-order valence-electron chi connectivity index (χ3n) is 9.27. The van der Waals surface area contributed by atoms with Crippen molar-refractivity contribution in [3.8, 4) is 0 Å². The summed E-state index contributed by atoms with van der Waals surface area (Å²) in [5, 5.41) is 23.1. The molecule has 10 nitrogen and oxygen atoms in total. The molecule has 2 aliphatic carbocycles. The fourth-order valence-electron chi connectivity index (χ4n) is 7.07. The summed E-state index contributed by atoms with van der Waals surface area (Å²) < 4.78 is 0. The standard InChI is InChI=1S/C29H44N8O2/c1-16(2)13-21-11-12-22-17(3)9-10-20-14-36(15-37(21)23(20)22)24-26(31-5)34-28(25(30)33-29(38)39)35-27(24)32-18(4)19-7-6-8-19/h16-21H,5-15H2,1-4H3,(H2,30,33)(H,38,39)(H,32,34,35)/t17-,18?,20+,21+/m1/s1. The molecule has 0 aromatic carbocycles. The van der Waals surface area contributed by atoms with Gasteiger partial charge in [-0.2, -0.15) is 0 Å². The highest BCUT2D eigenvalue weighted by Crippen LogP contribution is 2.48. The van der Waals surface area contributed by atoms with E-state index < -0.39 is 6.09 Å². The monoisotopic (exact) mass is 536 g/mol. The summed E-state index contributed by atoms with van der Waals surface area (Å²) in [7, 11) is 0. The van der Waals surface area contributed by atoms with Crippen LogP contribution >= 0.6 is 0 Å². The number of amides is 1. The normalized spacial score (nSPS) is 25.6. The molecule has 2 aliphatic heterocycles. The molecule has 212 valence electrons. The first kappa shape index (κ1) is 27.4. The number of aromatic nitrogens is 2. The van der Waals surface area contributed by atoms with Gasteiger partial charge < -0.3 is 20.2 Å². The van der Waals surface area contributed by atoms with E-state index in [1.54, 1.807) is 11.3 Å². The Labute approximate surface area is 231 Å². The van der Waals surface area contributed by atoms with Gasteiger partial charge in [-0.05, 0) is 81.9 Å². The van der Waals surface area contributed by atoms with Gasteiger partial charge >= 0.3 is 6.09 Å². The lowest BCUT2D eigenvalue weighted by atomic mass is 9.73. The third kappa shape index (κ3) is 5.47. The summed E-state index contributed by atoms with van der Waals surface area (Å²) in [5.41, 5.74) is 4.04. The Balaban J connectivity index is 1.56. The Morgan fingerprint density at radius 3 is 2.62 bits per heavy atom. The van der Waals surface area contributed by atoms with E-state index in [9.17, 15) is 9.90 Å². The van der Waals surface area contributed by atoms with E-state index in [1.165, 1.54) is 38.5 Å². The first-order chi connectivity index (χ1) is 18.7. The predicted octanol–water partition coefficient (Wildman–Crippen LogP) is 5.59. The Morgan fingerprint density at radius 2 is 1.97 bits per heavy atom. The Morgan fingerprint density at radius 1 is 1.21 bits per heavy atom. The zero-order chi connectivity index (χ0) is 27.8. The SMILES string of the molecule is C=Nc1nc(C(=N)NC(=O)O)nc(NC(C)C2CCC2)c1N1C[C@@H]2CC[C@@H](C)C3=C2N(C1)[C@H](CC(C)C)CC3. The number of amidine groups is 1. The topological polar surface area (TPSA) is 130 Å². The lowest BCUT2D eigenvalue weighted by Crippen LogP contribution is -2.55. The molecule has 2 fully saturated rings. The molecule has 1 amide bonds. The maximum Gasteiger partial charge on any atom is 0.410 e. The van der Waals surface area contributed by atoms with Gasteiger partial charge in [0.1, 0.15) is 5.69 Å². The van der Waals surface area contributed by atoms with Crippen molar-refractivity contribution < 1.29 is 9.90 Å². The van der Waals surface area contributed by atoms with Crippen molar-refractivity contribution in [3.05, 3.63) is 17.1 Å². The molecule has 1 unspecified atom stereocenters. The van der Waals surface area contributed by atoms with E-state index in [0.717, 1.165) is 31.7 Å². The first-order valence-electron chi connectivity index (χ1n) is 14.6. The highest BCUT2D eigenvalue weighted by atomic mass is 16.4. The summed E-state index contributed by atoms with van der Waals surface area (Å²) >= 11 is 0. The average molecular weight is 537 g/mol. The maximum atomic E-state index is 11.2. The summed E-state index contributed by atoms with van der Waals surface area (Å²) in [5.74, 6) is 2.88. The number of allylic oxidation sites excluding steroid dienone is 1. The zero-order valence-corrected chi connectivity index (χ0v) is 23.8. The molecule has 0 bridgehead atoms. The summed E-state index contributed by atoms with van der Waals surface area (Å²) in [4.78, 5) is 29.8. The minimum atomic E-state index is -1.32. The quantitative estimate of drug-likeness (QED) is 0.252. The molecule has 0 radical (unpaired) electrons. The molecule has 39 heavy (non-hydrogen) atoms. The third-order valence-corrected chi connectivity index (χ3v) is 9.27. The van der Waals surface area contributed by atoms with Crippen LogP contribution in [0.2, 0.25) is 0 Å². The predicted molar refractivity (Wildman–Crippen MR) is 155 cm³/mol. The number of nitrogens with one attached hydrogen (secondary N) is 3. The number of aliphatic imine (C=N–C) groups is 1. The molecule has 1 aromatic rings. The minimum Gasteiger partial charge on any atom is -0.465 e. The van der Waals surface area contributed by atoms with Crippen molar-refractivity contribution in [2.75, 3.05) is 23.4 Å². The second kappa shape index (κ2) is 11.1. The van der Waals surface area contributed by atoms with Gasteiger partial charge in [0.05, 0.1) is 6.67 Å². The van der Waals surface area contributed by atoms with Crippen molar-refractivity contribution in [2.24, 2.45) is 28.7 Å². The molecule has 1 saturated heterocycles. The van der Waals surface area contributed by atoms with E-state index in [4.69, 9.17) is 10.4 Å². The molecular weight excluding hydrogens is 492 g/mol. The maximum absolute atomic E-state index is 11.2. The van der Waals surface area contributed by atoms with Crippen LogP contribution in [-0.4, -0.2) is 63.9 Å². The van der Waals surface area contributed by atoms with Crippen molar-refractivity contribution in [3.63, 3.8) is 0 Å². The fraction of sp³-hybridized carbons (Fsp3) is 0.690. The molecule has 5 rings (SSSR count). The Kier molecular flexibility index (Phi) is 7.82. The van der Waals surface area contributed by atoms with Crippen molar-refractivity contribution in [1.82, 2.24) is 20.2 Å². The molecule has 4 atom stereocenters. The van der Waals surface area contributed by atoms with Crippen LogP contribution in [0.4, 0.5) is 22.1 Å². The van der Waals surface area contributed by atoms with Gasteiger partial charge in [0.2, 0.25) is 0 Å². The number of carboxylic acid groups (broad SMARTS) is 1. The minimum absolute atomic E-state index is 0.00566. The largest absolute Gasteiger partial charge is 0.465 e. The summed E-state index contributed by atoms with van der Waals surface area (Å²) in [6.45, 7) is 14.6. The zero-order valence-electron chi connectivity index (χ0n) is 23.8. The van der Waals surface area contributed by atoms with Crippen LogP contribution in [0.5, 0.6) is 0 Å². The van der Waals surface area contributed by atoms with Crippen LogP contribution in [0.3, 0.4) is 0 Å². The first-order valence-corrected chi connectivity index (χ1v) is 14.6. The van der Waals surface area contributed by atoms with Crippen LogP contribution < -0.4 is 15.5 Å². The van der Waals surface area contributed by atoms with Crippen molar-refractivity contribution in [2.45, 2.75) is 91.1 Å². The fourth-order valence-corrected chi connectivity index (χ4v) is 7.07. The molecule has 1 aromatic heterocycles. The molecule has 0 spiro atoms. The molecular formula is C29H44N8O2. The second-order valence-electron chi connectivity index (χ2n) is 12.4. The van der Waals surface area contributed by atoms with Gasteiger partial charge in [-0.25, -0.2) is 19.8 Å². The van der Waals surface area contributed by atoms with E-state index in [2.05, 4.69) is 64.8 Å². The van der Waals surface area contributed by atoms with E-state index in [-0.39, 0.29) is 17.7 Å². The number of hydrogen-bond acceptors (Lipinski definition) is 8. The van der Waals surface area contributed by atoms with Crippen LogP contribution in [0, 0.1) is 29.1 Å². The molecule has 3 heterocycles. The van der Waals surface area contributed by atoms with Gasteiger partial charge in [0, 0.05) is 30.2 Å². The van der Waals surface area contributed by atoms with Gasteiger partial charge in [-0.1, -0.05) is 27.2 Å². The van der Waals surface area contributed by atoms with Gasteiger partial charge in [-0.15, -0.1) is 0 Å². The van der Waals surface area contributed by atoms with Crippen molar-refractivity contribution >= 4 is 36.0 Å². The average Bonchev–Trinajstić information content (AvgIpc) is 2.84. The second-order valence-corrected chi connectivity index (χ2v) is 12.4. The molecule has 4 N–H and O–H groups in total. The van der Waals surface area contributed by atoms with E-state index in [0.29, 0.717) is 41.3 Å². The summed E-state index contributed by atoms with van der Waals surface area (Å²) in [6, 6.07) is 0.684. The van der Waals surface area contributed by atoms with E-state index >= 15 is 0 Å². The smallest absolute Gasteiger partial charge is 0.410 e. The molecule has 4 aliphatic rings. The Bertz CT molecular complexity index is 1160. The highest BCUT2D eigenvalue weighted by molar-refractivity contribution is 6.02. The van der Waals surface area contributed by atoms with Crippen LogP contribution in [0.25, 0.3) is 0 Å². The number of hydrogen-bond donors (Lipinski definition) is 4. The van der Waals surface area contributed by atoms with Crippen LogP contribution in [0.15, 0.2) is 16.3 Å². The highest BCUT2D eigenvalue weighted by Gasteiger charge is 2.43. The van der Waals surface area contributed by atoms with Gasteiger partial charge in [0.15, 0.2) is 23.3 Å². The Hall–Kier alpha value is -3.17. The number of rotatable bonds is 8. The molecule has 10 heteroatoms.